The molecule has 1 atom stereocenters. The molecule has 0 aromatic heterocycles. The largest absolute Gasteiger partial charge is 0.389 e. The van der Waals surface area contributed by atoms with E-state index in [4.69, 9.17) is 0 Å². The van der Waals surface area contributed by atoms with E-state index in [9.17, 15) is 0 Å². The van der Waals surface area contributed by atoms with E-state index in [0.29, 0.717) is 6.04 Å². The highest BCUT2D eigenvalue weighted by Gasteiger charge is 2.21. The Labute approximate surface area is 167 Å². The molecule has 0 amide bonds. The second-order valence-electron chi connectivity index (χ2n) is 7.30. The van der Waals surface area contributed by atoms with E-state index in [0.717, 1.165) is 77.7 Å². The first-order valence-corrected chi connectivity index (χ1v) is 10.3. The second-order valence-corrected chi connectivity index (χ2v) is 7.30. The zero-order valence-corrected chi connectivity index (χ0v) is 17.5. The Hall–Kier alpha value is -1.40. The minimum absolute atomic E-state index is 0.384. The minimum atomic E-state index is 0.384. The number of nitrogens with one attached hydrogen (secondary N) is 2. The lowest BCUT2D eigenvalue weighted by Gasteiger charge is -2.40. The predicted octanol–water partition coefficient (Wildman–Crippen LogP) is 3.33. The van der Waals surface area contributed by atoms with Gasteiger partial charge < -0.3 is 5.32 Å². The van der Waals surface area contributed by atoms with Crippen molar-refractivity contribution in [1.82, 2.24) is 25.3 Å². The molecule has 1 rings (SSSR count). The third-order valence-electron chi connectivity index (χ3n) is 4.80. The molecule has 1 fully saturated rings. The molecule has 0 saturated carbocycles. The van der Waals surface area contributed by atoms with Gasteiger partial charge in [0.1, 0.15) is 0 Å². The third kappa shape index (κ3) is 9.91. The first kappa shape index (κ1) is 23.6. The van der Waals surface area contributed by atoms with Crippen molar-refractivity contribution < 1.29 is 0 Å². The number of hydrogen-bond acceptors (Lipinski definition) is 5. The van der Waals surface area contributed by atoms with Crippen molar-refractivity contribution in [2.75, 3.05) is 46.3 Å². The molecule has 0 aromatic rings. The zero-order valence-electron chi connectivity index (χ0n) is 17.5. The quantitative estimate of drug-likeness (QED) is 0.360. The van der Waals surface area contributed by atoms with Crippen molar-refractivity contribution >= 4 is 0 Å². The summed E-state index contributed by atoms with van der Waals surface area (Å²) >= 11 is 0. The molecule has 0 radical (unpaired) electrons. The van der Waals surface area contributed by atoms with Crippen molar-refractivity contribution in [3.05, 3.63) is 50.2 Å². The lowest BCUT2D eigenvalue weighted by Crippen LogP contribution is -2.55. The number of unbranched alkanes of at least 4 members (excludes halogenated alkanes) is 1. The fraction of sp³-hybridized carbons (Fsp3) is 0.636. The Kier molecular flexibility index (Phi) is 12.8. The fourth-order valence-corrected chi connectivity index (χ4v) is 3.44. The number of allylic oxidation sites excluding steroid dienone is 1. The van der Waals surface area contributed by atoms with Crippen LogP contribution < -0.4 is 10.6 Å². The van der Waals surface area contributed by atoms with Gasteiger partial charge in [-0.15, -0.1) is 19.7 Å². The van der Waals surface area contributed by atoms with E-state index >= 15 is 0 Å². The first-order valence-electron chi connectivity index (χ1n) is 10.3. The van der Waals surface area contributed by atoms with Gasteiger partial charge in [0.15, 0.2) is 0 Å². The third-order valence-corrected chi connectivity index (χ3v) is 4.80. The highest BCUT2D eigenvalue weighted by atomic mass is 15.5. The maximum atomic E-state index is 4.10. The lowest BCUT2D eigenvalue weighted by molar-refractivity contribution is 0.0311. The molecule has 1 aliphatic rings. The van der Waals surface area contributed by atoms with Crippen LogP contribution in [0.25, 0.3) is 0 Å². The molecule has 154 valence electrons. The van der Waals surface area contributed by atoms with Crippen molar-refractivity contribution in [2.45, 2.75) is 45.1 Å². The van der Waals surface area contributed by atoms with Gasteiger partial charge >= 0.3 is 0 Å². The molecule has 0 spiro atoms. The number of hydrogen-bond donors (Lipinski definition) is 2. The smallest absolute Gasteiger partial charge is 0.0539 e. The molecule has 1 heterocycles. The van der Waals surface area contributed by atoms with Crippen molar-refractivity contribution in [2.24, 2.45) is 0 Å². The SMILES string of the molecule is C=CCN1CNCN(C(C=C)CCCCNC(=C)CCC)CN(CC=C)C1. The first-order chi connectivity index (χ1) is 13.1. The number of rotatable bonds is 14. The van der Waals surface area contributed by atoms with Crippen LogP contribution in [0.15, 0.2) is 50.2 Å². The van der Waals surface area contributed by atoms with Gasteiger partial charge in [0, 0.05) is 31.4 Å². The second kappa shape index (κ2) is 14.6. The molecular formula is C22H41N5. The topological polar surface area (TPSA) is 33.8 Å². The summed E-state index contributed by atoms with van der Waals surface area (Å²) in [7, 11) is 0. The molecule has 0 aromatic carbocycles. The Morgan fingerprint density at radius 2 is 1.81 bits per heavy atom. The summed E-state index contributed by atoms with van der Waals surface area (Å²) in [6.45, 7) is 24.5. The normalized spacial score (nSPS) is 18.3. The Balaban J connectivity index is 2.47. The van der Waals surface area contributed by atoms with Crippen molar-refractivity contribution in [3.63, 3.8) is 0 Å². The monoisotopic (exact) mass is 375 g/mol. The molecule has 2 N–H and O–H groups in total. The predicted molar refractivity (Wildman–Crippen MR) is 118 cm³/mol. The Bertz CT molecular complexity index is 448. The molecule has 0 aliphatic carbocycles. The summed E-state index contributed by atoms with van der Waals surface area (Å²) in [5.74, 6) is 0. The minimum Gasteiger partial charge on any atom is -0.389 e. The van der Waals surface area contributed by atoms with Gasteiger partial charge in [-0.25, -0.2) is 0 Å². The van der Waals surface area contributed by atoms with Gasteiger partial charge in [-0.1, -0.05) is 38.2 Å². The van der Waals surface area contributed by atoms with E-state index in [2.05, 4.69) is 64.6 Å². The molecule has 5 heteroatoms. The van der Waals surface area contributed by atoms with Crippen LogP contribution in [0.4, 0.5) is 0 Å². The van der Waals surface area contributed by atoms with Gasteiger partial charge in [0.25, 0.3) is 0 Å². The summed E-state index contributed by atoms with van der Waals surface area (Å²) in [6, 6.07) is 0.384. The Morgan fingerprint density at radius 1 is 1.07 bits per heavy atom. The van der Waals surface area contributed by atoms with Crippen LogP contribution in [-0.4, -0.2) is 67.1 Å². The fourth-order valence-electron chi connectivity index (χ4n) is 3.44. The highest BCUT2D eigenvalue weighted by Crippen LogP contribution is 2.12. The van der Waals surface area contributed by atoms with Gasteiger partial charge in [-0.05, 0) is 25.7 Å². The van der Waals surface area contributed by atoms with E-state index in [-0.39, 0.29) is 0 Å². The molecular weight excluding hydrogens is 334 g/mol. The Morgan fingerprint density at radius 3 is 2.48 bits per heavy atom. The van der Waals surface area contributed by atoms with Gasteiger partial charge in [0.2, 0.25) is 0 Å². The summed E-state index contributed by atoms with van der Waals surface area (Å²) in [5.41, 5.74) is 1.16. The standard InChI is InChI=1S/C22H41N5/c1-6-12-21(5)24-14-11-10-13-22(9-4)27-18-23-17-25(15-7-2)19-26(20-27)16-8-3/h7-9,22-24H,2-6,10-20H2,1H3. The summed E-state index contributed by atoms with van der Waals surface area (Å²) in [4.78, 5) is 7.25. The van der Waals surface area contributed by atoms with Gasteiger partial charge in [0.05, 0.1) is 26.7 Å². The molecule has 27 heavy (non-hydrogen) atoms. The maximum Gasteiger partial charge on any atom is 0.0539 e. The molecule has 1 saturated heterocycles. The van der Waals surface area contributed by atoms with Crippen LogP contribution in [0, 0.1) is 0 Å². The molecule has 1 unspecified atom stereocenters. The van der Waals surface area contributed by atoms with E-state index in [1.807, 2.05) is 12.2 Å². The van der Waals surface area contributed by atoms with E-state index in [1.54, 1.807) is 0 Å². The average molecular weight is 376 g/mol. The lowest BCUT2D eigenvalue weighted by atomic mass is 10.1. The van der Waals surface area contributed by atoms with Crippen LogP contribution in [0.2, 0.25) is 0 Å². The summed E-state index contributed by atoms with van der Waals surface area (Å²) < 4.78 is 0. The molecule has 0 bridgehead atoms. The van der Waals surface area contributed by atoms with Crippen molar-refractivity contribution in [3.8, 4) is 0 Å². The van der Waals surface area contributed by atoms with Crippen LogP contribution in [0.1, 0.15) is 39.0 Å². The number of nitrogens with zero attached hydrogens (tertiary/aromatic N) is 3. The van der Waals surface area contributed by atoms with Crippen LogP contribution in [-0.2, 0) is 0 Å². The maximum absolute atomic E-state index is 4.10. The van der Waals surface area contributed by atoms with E-state index in [1.165, 1.54) is 6.42 Å². The van der Waals surface area contributed by atoms with Crippen LogP contribution in [0.5, 0.6) is 0 Å². The average Bonchev–Trinajstić information content (AvgIpc) is 2.62. The van der Waals surface area contributed by atoms with E-state index < -0.39 is 0 Å². The zero-order chi connectivity index (χ0) is 19.9. The summed E-state index contributed by atoms with van der Waals surface area (Å²) in [6.07, 6.45) is 11.7. The van der Waals surface area contributed by atoms with Crippen LogP contribution >= 0.6 is 0 Å². The van der Waals surface area contributed by atoms with Gasteiger partial charge in [-0.2, -0.15) is 0 Å². The molecule has 1 aliphatic heterocycles. The van der Waals surface area contributed by atoms with Gasteiger partial charge in [-0.3, -0.25) is 20.0 Å². The molecule has 5 nitrogen and oxygen atoms in total. The highest BCUT2D eigenvalue weighted by molar-refractivity contribution is 4.91. The van der Waals surface area contributed by atoms with Crippen molar-refractivity contribution in [1.29, 1.82) is 0 Å². The van der Waals surface area contributed by atoms with Crippen LogP contribution in [0.3, 0.4) is 0 Å². The summed E-state index contributed by atoms with van der Waals surface area (Å²) in [5, 5.41) is 6.99.